The highest BCUT2D eigenvalue weighted by atomic mass is 16.1. The quantitative estimate of drug-likeness (QED) is 0.758. The van der Waals surface area contributed by atoms with E-state index in [9.17, 15) is 4.79 Å². The standard InChI is InChI=1S/C9H12N4O/c1-6(2)3-7-8-9(14)10-4-12-13(8)5-11-7/h4-6H,3H2,1-2H3,(H,10,12,14). The van der Waals surface area contributed by atoms with E-state index in [-0.39, 0.29) is 5.56 Å². The Morgan fingerprint density at radius 3 is 3.07 bits per heavy atom. The molecule has 1 N–H and O–H groups in total. The lowest BCUT2D eigenvalue weighted by Crippen LogP contribution is -2.12. The molecule has 0 aromatic carbocycles. The summed E-state index contributed by atoms with van der Waals surface area (Å²) in [7, 11) is 0. The van der Waals surface area contributed by atoms with Crippen LogP contribution in [0.25, 0.3) is 5.52 Å². The second-order valence-electron chi connectivity index (χ2n) is 3.70. The van der Waals surface area contributed by atoms with Crippen molar-refractivity contribution in [2.75, 3.05) is 0 Å². The summed E-state index contributed by atoms with van der Waals surface area (Å²) in [6.07, 6.45) is 3.74. The molecule has 0 bridgehead atoms. The predicted molar refractivity (Wildman–Crippen MR) is 52.1 cm³/mol. The molecular formula is C9H12N4O. The van der Waals surface area contributed by atoms with E-state index in [2.05, 4.69) is 28.9 Å². The van der Waals surface area contributed by atoms with Gasteiger partial charge in [-0.1, -0.05) is 13.8 Å². The average Bonchev–Trinajstić information content (AvgIpc) is 2.49. The predicted octanol–water partition coefficient (Wildman–Crippen LogP) is 0.616. The Labute approximate surface area is 80.8 Å². The van der Waals surface area contributed by atoms with Gasteiger partial charge in [-0.05, 0) is 12.3 Å². The van der Waals surface area contributed by atoms with Crippen LogP contribution in [0.4, 0.5) is 0 Å². The summed E-state index contributed by atoms with van der Waals surface area (Å²) < 4.78 is 1.51. The fourth-order valence-electron chi connectivity index (χ4n) is 1.45. The van der Waals surface area contributed by atoms with E-state index in [1.54, 1.807) is 6.33 Å². The zero-order valence-electron chi connectivity index (χ0n) is 8.19. The van der Waals surface area contributed by atoms with Crippen LogP contribution in [-0.2, 0) is 6.42 Å². The molecule has 0 aliphatic heterocycles. The van der Waals surface area contributed by atoms with Crippen LogP contribution >= 0.6 is 0 Å². The summed E-state index contributed by atoms with van der Waals surface area (Å²) in [6.45, 7) is 4.19. The van der Waals surface area contributed by atoms with Crippen LogP contribution in [0.3, 0.4) is 0 Å². The molecule has 0 fully saturated rings. The fourth-order valence-corrected chi connectivity index (χ4v) is 1.45. The van der Waals surface area contributed by atoms with Crippen LogP contribution in [0, 0.1) is 5.92 Å². The lowest BCUT2D eigenvalue weighted by molar-refractivity contribution is 0.640. The van der Waals surface area contributed by atoms with Crippen LogP contribution in [-0.4, -0.2) is 19.6 Å². The van der Waals surface area contributed by atoms with Crippen LogP contribution < -0.4 is 5.56 Å². The summed E-state index contributed by atoms with van der Waals surface area (Å²) in [4.78, 5) is 18.2. The van der Waals surface area contributed by atoms with E-state index in [1.165, 1.54) is 10.8 Å². The molecule has 74 valence electrons. The lowest BCUT2D eigenvalue weighted by atomic mass is 10.1. The molecule has 2 rings (SSSR count). The number of nitrogens with zero attached hydrogens (tertiary/aromatic N) is 3. The molecule has 0 aliphatic carbocycles. The zero-order valence-corrected chi connectivity index (χ0v) is 8.19. The van der Waals surface area contributed by atoms with Gasteiger partial charge < -0.3 is 4.98 Å². The van der Waals surface area contributed by atoms with Crippen molar-refractivity contribution in [3.63, 3.8) is 0 Å². The van der Waals surface area contributed by atoms with Gasteiger partial charge in [-0.25, -0.2) is 9.50 Å². The average molecular weight is 192 g/mol. The maximum atomic E-state index is 11.5. The Hall–Kier alpha value is -1.65. The molecule has 0 amide bonds. The van der Waals surface area contributed by atoms with Gasteiger partial charge in [0.1, 0.15) is 12.7 Å². The van der Waals surface area contributed by atoms with E-state index in [0.717, 1.165) is 12.1 Å². The van der Waals surface area contributed by atoms with E-state index >= 15 is 0 Å². The van der Waals surface area contributed by atoms with Crippen molar-refractivity contribution < 1.29 is 0 Å². The van der Waals surface area contributed by atoms with Crippen molar-refractivity contribution in [1.29, 1.82) is 0 Å². The van der Waals surface area contributed by atoms with E-state index in [0.29, 0.717) is 11.4 Å². The molecule has 2 aromatic rings. The Balaban J connectivity index is 2.61. The van der Waals surface area contributed by atoms with Gasteiger partial charge in [-0.3, -0.25) is 4.79 Å². The van der Waals surface area contributed by atoms with Gasteiger partial charge in [0.15, 0.2) is 5.52 Å². The summed E-state index contributed by atoms with van der Waals surface area (Å²) >= 11 is 0. The van der Waals surface area contributed by atoms with Crippen LogP contribution in [0.1, 0.15) is 19.5 Å². The number of rotatable bonds is 2. The van der Waals surface area contributed by atoms with Gasteiger partial charge in [0.25, 0.3) is 5.56 Å². The highest BCUT2D eigenvalue weighted by molar-refractivity contribution is 5.48. The third-order valence-corrected chi connectivity index (χ3v) is 2.02. The Bertz CT molecular complexity index is 497. The second kappa shape index (κ2) is 3.25. The summed E-state index contributed by atoms with van der Waals surface area (Å²) in [6, 6.07) is 0. The van der Waals surface area contributed by atoms with Gasteiger partial charge in [0, 0.05) is 0 Å². The number of aromatic nitrogens is 4. The summed E-state index contributed by atoms with van der Waals surface area (Å²) in [5.74, 6) is 0.480. The maximum absolute atomic E-state index is 11.5. The molecule has 5 nitrogen and oxygen atoms in total. The second-order valence-corrected chi connectivity index (χ2v) is 3.70. The van der Waals surface area contributed by atoms with Crippen molar-refractivity contribution in [3.8, 4) is 0 Å². The van der Waals surface area contributed by atoms with Crippen molar-refractivity contribution in [1.82, 2.24) is 19.6 Å². The third kappa shape index (κ3) is 1.41. The number of hydrogen-bond acceptors (Lipinski definition) is 3. The molecule has 2 aromatic heterocycles. The molecule has 0 unspecified atom stereocenters. The highest BCUT2D eigenvalue weighted by Gasteiger charge is 2.09. The lowest BCUT2D eigenvalue weighted by Gasteiger charge is -2.00. The molecule has 0 saturated carbocycles. The van der Waals surface area contributed by atoms with Gasteiger partial charge in [-0.2, -0.15) is 5.10 Å². The first-order valence-electron chi connectivity index (χ1n) is 4.58. The minimum Gasteiger partial charge on any atom is -0.310 e. The van der Waals surface area contributed by atoms with Crippen LogP contribution in [0.5, 0.6) is 0 Å². The smallest absolute Gasteiger partial charge is 0.277 e. The molecular weight excluding hydrogens is 180 g/mol. The minimum absolute atomic E-state index is 0.131. The minimum atomic E-state index is -0.131. The van der Waals surface area contributed by atoms with Gasteiger partial charge in [0.2, 0.25) is 0 Å². The number of imidazole rings is 1. The molecule has 0 aliphatic rings. The topological polar surface area (TPSA) is 63.1 Å². The maximum Gasteiger partial charge on any atom is 0.277 e. The van der Waals surface area contributed by atoms with E-state index in [1.807, 2.05) is 0 Å². The van der Waals surface area contributed by atoms with Crippen LogP contribution in [0.15, 0.2) is 17.4 Å². The normalized spacial score (nSPS) is 11.4. The monoisotopic (exact) mass is 192 g/mol. The largest absolute Gasteiger partial charge is 0.310 e. The SMILES string of the molecule is CC(C)Cc1ncn2nc[nH]c(=O)c12. The molecule has 0 radical (unpaired) electrons. The van der Waals surface area contributed by atoms with Gasteiger partial charge in [0.05, 0.1) is 5.69 Å². The Kier molecular flexibility index (Phi) is 2.07. The fraction of sp³-hybridized carbons (Fsp3) is 0.444. The van der Waals surface area contributed by atoms with E-state index < -0.39 is 0 Å². The van der Waals surface area contributed by atoms with Crippen molar-refractivity contribution in [3.05, 3.63) is 28.7 Å². The van der Waals surface area contributed by atoms with Crippen molar-refractivity contribution >= 4 is 5.52 Å². The molecule has 0 spiro atoms. The van der Waals surface area contributed by atoms with Crippen molar-refractivity contribution in [2.45, 2.75) is 20.3 Å². The number of nitrogens with one attached hydrogen (secondary N) is 1. The summed E-state index contributed by atoms with van der Waals surface area (Å²) in [5.41, 5.74) is 1.24. The number of hydrogen-bond donors (Lipinski definition) is 1. The molecule has 0 saturated heterocycles. The van der Waals surface area contributed by atoms with Gasteiger partial charge in [-0.15, -0.1) is 0 Å². The third-order valence-electron chi connectivity index (χ3n) is 2.02. The van der Waals surface area contributed by atoms with Crippen molar-refractivity contribution in [2.24, 2.45) is 5.92 Å². The summed E-state index contributed by atoms with van der Waals surface area (Å²) in [5, 5.41) is 3.97. The van der Waals surface area contributed by atoms with Gasteiger partial charge >= 0.3 is 0 Å². The Morgan fingerprint density at radius 2 is 2.36 bits per heavy atom. The van der Waals surface area contributed by atoms with Crippen LogP contribution in [0.2, 0.25) is 0 Å². The number of H-pyrrole nitrogens is 1. The first kappa shape index (κ1) is 8.93. The molecule has 14 heavy (non-hydrogen) atoms. The first-order valence-corrected chi connectivity index (χ1v) is 4.58. The molecule has 5 heteroatoms. The Morgan fingerprint density at radius 1 is 1.57 bits per heavy atom. The zero-order chi connectivity index (χ0) is 10.1. The first-order chi connectivity index (χ1) is 6.68. The number of aromatic amines is 1. The highest BCUT2D eigenvalue weighted by Crippen LogP contribution is 2.08. The molecule has 0 atom stereocenters. The number of fused-ring (bicyclic) bond motifs is 1. The van der Waals surface area contributed by atoms with E-state index in [4.69, 9.17) is 0 Å². The molecule has 2 heterocycles.